The van der Waals surface area contributed by atoms with Crippen molar-refractivity contribution in [3.8, 4) is 0 Å². The van der Waals surface area contributed by atoms with Gasteiger partial charge in [0.25, 0.3) is 0 Å². The number of aromatic nitrogens is 5. The molecule has 0 radical (unpaired) electrons. The molecule has 1 saturated heterocycles. The van der Waals surface area contributed by atoms with Crippen LogP contribution in [0.1, 0.15) is 18.1 Å². The predicted octanol–water partition coefficient (Wildman–Crippen LogP) is 0.886. The number of carbonyl (C=O) groups excluding carboxylic acids is 1. The largest absolute Gasteiger partial charge is 0.379 e. The number of hydrogen-bond acceptors (Lipinski definition) is 7. The number of sulfonamides is 1. The van der Waals surface area contributed by atoms with Gasteiger partial charge in [0.2, 0.25) is 15.9 Å². The molecule has 4 heterocycles. The van der Waals surface area contributed by atoms with E-state index in [1.165, 1.54) is 4.31 Å². The van der Waals surface area contributed by atoms with Crippen LogP contribution in [0.4, 0.5) is 0 Å². The lowest BCUT2D eigenvalue weighted by Crippen LogP contribution is -2.40. The van der Waals surface area contributed by atoms with Crippen molar-refractivity contribution in [2.75, 3.05) is 26.3 Å². The Bertz CT molecular complexity index is 1450. The molecular formula is C22H25N7O4S. The zero-order chi connectivity index (χ0) is 23.7. The normalized spacial score (nSPS) is 15.2. The number of nitrogens with one attached hydrogen (secondary N) is 1. The number of carbonyl (C=O) groups is 1. The number of amides is 1. The molecule has 5 rings (SSSR count). The molecule has 4 aromatic rings. The molecule has 1 aromatic carbocycles. The van der Waals surface area contributed by atoms with Gasteiger partial charge in [-0.2, -0.15) is 4.31 Å². The minimum absolute atomic E-state index is 0.129. The Morgan fingerprint density at radius 3 is 2.76 bits per heavy atom. The number of aryl methyl sites for hydroxylation is 2. The quantitative estimate of drug-likeness (QED) is 0.414. The second kappa shape index (κ2) is 9.12. The molecule has 3 aromatic heterocycles. The summed E-state index contributed by atoms with van der Waals surface area (Å²) in [4.78, 5) is 17.3. The topological polar surface area (TPSA) is 124 Å². The number of nitrogens with zero attached hydrogens (tertiary/aromatic N) is 6. The first-order valence-electron chi connectivity index (χ1n) is 11.0. The average Bonchev–Trinajstić information content (AvgIpc) is 3.42. The van der Waals surface area contributed by atoms with Crippen LogP contribution in [0.15, 0.2) is 47.5 Å². The van der Waals surface area contributed by atoms with E-state index < -0.39 is 10.0 Å². The smallest absolute Gasteiger partial charge is 0.243 e. The van der Waals surface area contributed by atoms with Crippen molar-refractivity contribution in [3.05, 3.63) is 54.2 Å². The Labute approximate surface area is 196 Å². The molecule has 34 heavy (non-hydrogen) atoms. The van der Waals surface area contributed by atoms with E-state index in [1.807, 2.05) is 40.4 Å². The van der Waals surface area contributed by atoms with Gasteiger partial charge in [0.15, 0.2) is 11.5 Å². The van der Waals surface area contributed by atoms with Crippen LogP contribution in [0.5, 0.6) is 0 Å². The molecule has 0 atom stereocenters. The average molecular weight is 484 g/mol. The molecule has 0 unspecified atom stereocenters. The van der Waals surface area contributed by atoms with Gasteiger partial charge in [-0.15, -0.1) is 10.2 Å². The molecule has 12 heteroatoms. The number of imidazole rings is 1. The second-order valence-corrected chi connectivity index (χ2v) is 10.0. The summed E-state index contributed by atoms with van der Waals surface area (Å²) >= 11 is 0. The molecule has 1 fully saturated rings. The van der Waals surface area contributed by atoms with Crippen molar-refractivity contribution in [3.63, 3.8) is 0 Å². The third kappa shape index (κ3) is 4.27. The maximum absolute atomic E-state index is 13.0. The van der Waals surface area contributed by atoms with Crippen LogP contribution in [0.2, 0.25) is 0 Å². The summed E-state index contributed by atoms with van der Waals surface area (Å²) in [6.45, 7) is 1.74. The van der Waals surface area contributed by atoms with Crippen LogP contribution < -0.4 is 5.32 Å². The molecule has 0 aliphatic carbocycles. The number of ether oxygens (including phenoxy) is 1. The van der Waals surface area contributed by atoms with Gasteiger partial charge in [-0.25, -0.2) is 13.4 Å². The van der Waals surface area contributed by atoms with Gasteiger partial charge in [0, 0.05) is 39.2 Å². The lowest BCUT2D eigenvalue weighted by atomic mass is 10.3. The van der Waals surface area contributed by atoms with E-state index in [4.69, 9.17) is 4.74 Å². The van der Waals surface area contributed by atoms with Crippen molar-refractivity contribution >= 4 is 32.6 Å². The summed E-state index contributed by atoms with van der Waals surface area (Å²) in [5.41, 5.74) is 2.12. The lowest BCUT2D eigenvalue weighted by molar-refractivity contribution is -0.121. The van der Waals surface area contributed by atoms with E-state index >= 15 is 0 Å². The number of hydrogen-bond donors (Lipinski definition) is 1. The van der Waals surface area contributed by atoms with E-state index in [1.54, 1.807) is 18.2 Å². The SMILES string of the molecule is Cn1c(CCC(=O)NCc2nnc3ccccn23)nc2cc(S(=O)(=O)N3CCOCC3)ccc21. The molecule has 0 saturated carbocycles. The Hall–Kier alpha value is -3.35. The van der Waals surface area contributed by atoms with Crippen molar-refractivity contribution < 1.29 is 17.9 Å². The Kier molecular flexibility index (Phi) is 6.02. The fourth-order valence-electron chi connectivity index (χ4n) is 4.05. The highest BCUT2D eigenvalue weighted by atomic mass is 32.2. The first-order valence-corrected chi connectivity index (χ1v) is 12.5. The highest BCUT2D eigenvalue weighted by molar-refractivity contribution is 7.89. The first kappa shape index (κ1) is 22.4. The number of rotatable bonds is 7. The molecule has 11 nitrogen and oxygen atoms in total. The fourth-order valence-corrected chi connectivity index (χ4v) is 5.48. The Morgan fingerprint density at radius 2 is 1.94 bits per heavy atom. The highest BCUT2D eigenvalue weighted by Crippen LogP contribution is 2.23. The van der Waals surface area contributed by atoms with Gasteiger partial charge in [-0.05, 0) is 30.3 Å². The monoisotopic (exact) mass is 483 g/mol. The van der Waals surface area contributed by atoms with Crippen LogP contribution in [-0.4, -0.2) is 69.1 Å². The van der Waals surface area contributed by atoms with E-state index in [2.05, 4.69) is 20.5 Å². The van der Waals surface area contributed by atoms with E-state index in [0.29, 0.717) is 49.9 Å². The molecule has 0 spiro atoms. The Morgan fingerprint density at radius 1 is 1.12 bits per heavy atom. The zero-order valence-electron chi connectivity index (χ0n) is 18.7. The molecule has 1 aliphatic heterocycles. The van der Waals surface area contributed by atoms with Gasteiger partial charge >= 0.3 is 0 Å². The number of morpholine rings is 1. The molecule has 1 amide bonds. The first-order chi connectivity index (χ1) is 16.4. The van der Waals surface area contributed by atoms with E-state index in [0.717, 1.165) is 11.2 Å². The van der Waals surface area contributed by atoms with Crippen LogP contribution in [0, 0.1) is 0 Å². The maximum atomic E-state index is 13.0. The predicted molar refractivity (Wildman–Crippen MR) is 123 cm³/mol. The summed E-state index contributed by atoms with van der Waals surface area (Å²) in [5.74, 6) is 1.23. The van der Waals surface area contributed by atoms with Crippen molar-refractivity contribution in [1.29, 1.82) is 0 Å². The number of benzene rings is 1. The maximum Gasteiger partial charge on any atom is 0.243 e. The highest BCUT2D eigenvalue weighted by Gasteiger charge is 2.27. The van der Waals surface area contributed by atoms with Crippen LogP contribution in [0.25, 0.3) is 16.7 Å². The van der Waals surface area contributed by atoms with Crippen molar-refractivity contribution in [2.45, 2.75) is 24.3 Å². The van der Waals surface area contributed by atoms with E-state index in [9.17, 15) is 13.2 Å². The van der Waals surface area contributed by atoms with Crippen molar-refractivity contribution in [1.82, 2.24) is 33.8 Å². The third-order valence-corrected chi connectivity index (χ3v) is 7.85. The van der Waals surface area contributed by atoms with Crippen LogP contribution in [0.3, 0.4) is 0 Å². The van der Waals surface area contributed by atoms with Gasteiger partial charge in [0.05, 0.1) is 35.7 Å². The van der Waals surface area contributed by atoms with Gasteiger partial charge < -0.3 is 14.6 Å². The fraction of sp³-hybridized carbons (Fsp3) is 0.364. The summed E-state index contributed by atoms with van der Waals surface area (Å²) < 4.78 is 36.3. The second-order valence-electron chi connectivity index (χ2n) is 8.08. The van der Waals surface area contributed by atoms with E-state index in [-0.39, 0.29) is 23.8 Å². The van der Waals surface area contributed by atoms with Crippen LogP contribution >= 0.6 is 0 Å². The summed E-state index contributed by atoms with van der Waals surface area (Å²) in [5, 5.41) is 11.1. The van der Waals surface area contributed by atoms with Crippen LogP contribution in [-0.2, 0) is 39.6 Å². The van der Waals surface area contributed by atoms with Gasteiger partial charge in [-0.1, -0.05) is 6.07 Å². The molecule has 0 bridgehead atoms. The lowest BCUT2D eigenvalue weighted by Gasteiger charge is -2.26. The molecule has 178 valence electrons. The molecular weight excluding hydrogens is 458 g/mol. The molecule has 1 aliphatic rings. The number of fused-ring (bicyclic) bond motifs is 2. The minimum atomic E-state index is -3.60. The minimum Gasteiger partial charge on any atom is -0.379 e. The summed E-state index contributed by atoms with van der Waals surface area (Å²) in [6.07, 6.45) is 2.51. The number of pyridine rings is 1. The molecule has 1 N–H and O–H groups in total. The zero-order valence-corrected chi connectivity index (χ0v) is 19.5. The van der Waals surface area contributed by atoms with Gasteiger partial charge in [0.1, 0.15) is 5.82 Å². The van der Waals surface area contributed by atoms with Crippen molar-refractivity contribution in [2.24, 2.45) is 7.05 Å². The Balaban J connectivity index is 1.25. The summed E-state index contributed by atoms with van der Waals surface area (Å²) in [7, 11) is -1.74. The summed E-state index contributed by atoms with van der Waals surface area (Å²) in [6, 6.07) is 10.6. The van der Waals surface area contributed by atoms with Gasteiger partial charge in [-0.3, -0.25) is 9.20 Å². The standard InChI is InChI=1S/C22H25N7O4S/c1-27-18-6-5-16(34(31,32)28-10-12-33-13-11-28)14-17(18)24-19(27)7-8-22(30)23-15-21-26-25-20-4-2-3-9-29(20)21/h2-6,9,14H,7-8,10-13,15H2,1H3,(H,23,30). The third-order valence-electron chi connectivity index (χ3n) is 5.96.